The minimum absolute atomic E-state index is 0.131. The summed E-state index contributed by atoms with van der Waals surface area (Å²) in [7, 11) is 0. The van der Waals surface area contributed by atoms with Gasteiger partial charge in [0.15, 0.2) is 0 Å². The minimum atomic E-state index is 0.131. The first-order valence-electron chi connectivity index (χ1n) is 10.1. The van der Waals surface area contributed by atoms with Crippen molar-refractivity contribution in [3.63, 3.8) is 0 Å². The molecule has 1 aliphatic rings. The SMILES string of the molecule is Cc1cc(C(=O)N2CCN(Cc3cccnc3)CC2)c(C)n1Cc1ccccn1. The number of nitrogens with zero attached hydrogens (tertiary/aromatic N) is 5. The third-order valence-electron chi connectivity index (χ3n) is 5.64. The predicted octanol–water partition coefficient (Wildman–Crippen LogP) is 2.90. The summed E-state index contributed by atoms with van der Waals surface area (Å²) in [5, 5.41) is 0. The maximum absolute atomic E-state index is 13.2. The molecule has 0 radical (unpaired) electrons. The van der Waals surface area contributed by atoms with E-state index >= 15 is 0 Å². The van der Waals surface area contributed by atoms with E-state index in [0.717, 1.165) is 55.4 Å². The molecule has 3 aromatic heterocycles. The lowest BCUT2D eigenvalue weighted by molar-refractivity contribution is 0.0627. The van der Waals surface area contributed by atoms with Crippen LogP contribution >= 0.6 is 0 Å². The normalized spacial score (nSPS) is 14.9. The summed E-state index contributed by atoms with van der Waals surface area (Å²) >= 11 is 0. The Bertz CT molecular complexity index is 960. The summed E-state index contributed by atoms with van der Waals surface area (Å²) in [5.74, 6) is 0.131. The van der Waals surface area contributed by atoms with Crippen LogP contribution in [0.5, 0.6) is 0 Å². The van der Waals surface area contributed by atoms with Gasteiger partial charge in [0, 0.05) is 62.7 Å². The highest BCUT2D eigenvalue weighted by Crippen LogP contribution is 2.19. The average molecular weight is 390 g/mol. The molecule has 0 N–H and O–H groups in total. The monoisotopic (exact) mass is 389 g/mol. The van der Waals surface area contributed by atoms with Gasteiger partial charge in [0.05, 0.1) is 17.8 Å². The van der Waals surface area contributed by atoms with E-state index in [2.05, 4.69) is 32.4 Å². The van der Waals surface area contributed by atoms with Crippen molar-refractivity contribution in [1.82, 2.24) is 24.3 Å². The van der Waals surface area contributed by atoms with Crippen LogP contribution in [-0.4, -0.2) is 56.4 Å². The van der Waals surface area contributed by atoms with Crippen LogP contribution in [0.1, 0.15) is 33.0 Å². The molecule has 3 aromatic rings. The Balaban J connectivity index is 1.41. The fourth-order valence-corrected chi connectivity index (χ4v) is 3.94. The largest absolute Gasteiger partial charge is 0.342 e. The Kier molecular flexibility index (Phi) is 5.71. The number of hydrogen-bond acceptors (Lipinski definition) is 4. The van der Waals surface area contributed by atoms with Gasteiger partial charge in [0.1, 0.15) is 0 Å². The van der Waals surface area contributed by atoms with Gasteiger partial charge in [0.25, 0.3) is 5.91 Å². The quantitative estimate of drug-likeness (QED) is 0.673. The Morgan fingerprint density at radius 3 is 2.52 bits per heavy atom. The van der Waals surface area contributed by atoms with E-state index in [9.17, 15) is 4.79 Å². The fraction of sp³-hybridized carbons (Fsp3) is 0.348. The second-order valence-corrected chi connectivity index (χ2v) is 7.62. The Labute approximate surface area is 171 Å². The average Bonchev–Trinajstić information content (AvgIpc) is 3.03. The first-order chi connectivity index (χ1) is 14.1. The van der Waals surface area contributed by atoms with Crippen LogP contribution in [0.3, 0.4) is 0 Å². The summed E-state index contributed by atoms with van der Waals surface area (Å²) in [6.45, 7) is 8.92. The van der Waals surface area contributed by atoms with Crippen LogP contribution in [0.15, 0.2) is 55.0 Å². The van der Waals surface area contributed by atoms with Gasteiger partial charge < -0.3 is 9.47 Å². The number of amides is 1. The number of aromatic nitrogens is 3. The summed E-state index contributed by atoms with van der Waals surface area (Å²) in [6.07, 6.45) is 5.51. The van der Waals surface area contributed by atoms with Gasteiger partial charge in [-0.3, -0.25) is 19.7 Å². The highest BCUT2D eigenvalue weighted by Gasteiger charge is 2.25. The van der Waals surface area contributed by atoms with E-state index < -0.39 is 0 Å². The summed E-state index contributed by atoms with van der Waals surface area (Å²) in [5.41, 5.74) is 5.12. The predicted molar refractivity (Wildman–Crippen MR) is 113 cm³/mol. The lowest BCUT2D eigenvalue weighted by atomic mass is 10.2. The summed E-state index contributed by atoms with van der Waals surface area (Å²) in [6, 6.07) is 12.0. The zero-order valence-electron chi connectivity index (χ0n) is 17.1. The van der Waals surface area contributed by atoms with E-state index in [-0.39, 0.29) is 5.91 Å². The molecule has 4 heterocycles. The zero-order valence-corrected chi connectivity index (χ0v) is 17.1. The van der Waals surface area contributed by atoms with Crippen molar-refractivity contribution in [1.29, 1.82) is 0 Å². The standard InChI is InChI=1S/C23H27N5O/c1-18-14-22(19(2)28(18)17-21-7-3-4-9-25-21)23(29)27-12-10-26(11-13-27)16-20-6-5-8-24-15-20/h3-9,14-15H,10-13,16-17H2,1-2H3. The fourth-order valence-electron chi connectivity index (χ4n) is 3.94. The van der Waals surface area contributed by atoms with Crippen molar-refractivity contribution in [3.05, 3.63) is 83.2 Å². The number of aryl methyl sites for hydroxylation is 1. The lowest BCUT2D eigenvalue weighted by Crippen LogP contribution is -2.48. The highest BCUT2D eigenvalue weighted by molar-refractivity contribution is 5.95. The molecule has 1 amide bonds. The number of rotatable bonds is 5. The van der Waals surface area contributed by atoms with Crippen molar-refractivity contribution in [2.24, 2.45) is 0 Å². The molecule has 6 heteroatoms. The van der Waals surface area contributed by atoms with E-state index in [1.807, 2.05) is 48.4 Å². The van der Waals surface area contributed by atoms with E-state index in [1.165, 1.54) is 5.56 Å². The highest BCUT2D eigenvalue weighted by atomic mass is 16.2. The molecule has 1 saturated heterocycles. The third kappa shape index (κ3) is 4.38. The van der Waals surface area contributed by atoms with Crippen molar-refractivity contribution in [3.8, 4) is 0 Å². The molecule has 0 bridgehead atoms. The second-order valence-electron chi connectivity index (χ2n) is 7.62. The van der Waals surface area contributed by atoms with E-state index in [4.69, 9.17) is 0 Å². The summed E-state index contributed by atoms with van der Waals surface area (Å²) < 4.78 is 2.17. The minimum Gasteiger partial charge on any atom is -0.342 e. The van der Waals surface area contributed by atoms with Gasteiger partial charge in [-0.1, -0.05) is 12.1 Å². The van der Waals surface area contributed by atoms with Crippen molar-refractivity contribution < 1.29 is 4.79 Å². The van der Waals surface area contributed by atoms with Crippen molar-refractivity contribution in [2.45, 2.75) is 26.9 Å². The Morgan fingerprint density at radius 2 is 1.83 bits per heavy atom. The van der Waals surface area contributed by atoms with Gasteiger partial charge in [-0.2, -0.15) is 0 Å². The van der Waals surface area contributed by atoms with Gasteiger partial charge in [-0.05, 0) is 43.7 Å². The molecule has 150 valence electrons. The van der Waals surface area contributed by atoms with E-state index in [1.54, 1.807) is 12.4 Å². The molecule has 6 nitrogen and oxygen atoms in total. The van der Waals surface area contributed by atoms with E-state index in [0.29, 0.717) is 6.54 Å². The van der Waals surface area contributed by atoms with Gasteiger partial charge in [-0.25, -0.2) is 0 Å². The van der Waals surface area contributed by atoms with Crippen LogP contribution in [0.4, 0.5) is 0 Å². The molecule has 0 spiro atoms. The molecule has 1 aliphatic heterocycles. The first kappa shape index (κ1) is 19.3. The van der Waals surface area contributed by atoms with Crippen molar-refractivity contribution in [2.75, 3.05) is 26.2 Å². The number of piperazine rings is 1. The maximum atomic E-state index is 13.2. The molecular formula is C23H27N5O. The molecule has 0 unspecified atom stereocenters. The number of carbonyl (C=O) groups excluding carboxylic acids is 1. The maximum Gasteiger partial charge on any atom is 0.255 e. The Hall–Kier alpha value is -2.99. The van der Waals surface area contributed by atoms with Gasteiger partial charge in [0.2, 0.25) is 0 Å². The summed E-state index contributed by atoms with van der Waals surface area (Å²) in [4.78, 5) is 26.1. The van der Waals surface area contributed by atoms with Gasteiger partial charge >= 0.3 is 0 Å². The second kappa shape index (κ2) is 8.57. The number of hydrogen-bond donors (Lipinski definition) is 0. The third-order valence-corrected chi connectivity index (χ3v) is 5.64. The molecule has 0 aliphatic carbocycles. The lowest BCUT2D eigenvalue weighted by Gasteiger charge is -2.34. The smallest absolute Gasteiger partial charge is 0.255 e. The molecule has 1 fully saturated rings. The van der Waals surface area contributed by atoms with Crippen LogP contribution in [0.2, 0.25) is 0 Å². The molecule has 0 aromatic carbocycles. The molecule has 29 heavy (non-hydrogen) atoms. The number of carbonyl (C=O) groups is 1. The molecular weight excluding hydrogens is 362 g/mol. The molecule has 0 saturated carbocycles. The van der Waals surface area contributed by atoms with Crippen LogP contribution in [0.25, 0.3) is 0 Å². The van der Waals surface area contributed by atoms with Crippen LogP contribution in [0, 0.1) is 13.8 Å². The molecule has 0 atom stereocenters. The van der Waals surface area contributed by atoms with Crippen LogP contribution < -0.4 is 0 Å². The number of pyridine rings is 2. The van der Waals surface area contributed by atoms with Gasteiger partial charge in [-0.15, -0.1) is 0 Å². The first-order valence-corrected chi connectivity index (χ1v) is 10.1. The van der Waals surface area contributed by atoms with Crippen molar-refractivity contribution >= 4 is 5.91 Å². The zero-order chi connectivity index (χ0) is 20.2. The van der Waals surface area contributed by atoms with Crippen LogP contribution in [-0.2, 0) is 13.1 Å². The molecule has 4 rings (SSSR count). The Morgan fingerprint density at radius 1 is 1.00 bits per heavy atom. The topological polar surface area (TPSA) is 54.3 Å².